The fourth-order valence-corrected chi connectivity index (χ4v) is 6.97. The zero-order chi connectivity index (χ0) is 16.2. The zero-order valence-electron chi connectivity index (χ0n) is 14.7. The Morgan fingerprint density at radius 1 is 1.22 bits per heavy atom. The van der Waals surface area contributed by atoms with E-state index in [-0.39, 0.29) is 34.6 Å². The minimum absolute atomic E-state index is 0.0174. The third-order valence-corrected chi connectivity index (χ3v) is 8.23. The Kier molecular flexibility index (Phi) is 2.55. The first kappa shape index (κ1) is 14.5. The van der Waals surface area contributed by atoms with E-state index in [0.29, 0.717) is 17.8 Å². The fourth-order valence-electron chi connectivity index (χ4n) is 6.97. The normalized spacial score (nSPS) is 56.4. The summed E-state index contributed by atoms with van der Waals surface area (Å²) in [6.45, 7) is 9.15. The molecule has 7 atom stereocenters. The Morgan fingerprint density at radius 3 is 2.74 bits per heavy atom. The summed E-state index contributed by atoms with van der Waals surface area (Å²) in [5.74, 6) is 1.54. The van der Waals surface area contributed by atoms with Crippen LogP contribution in [0.15, 0.2) is 11.6 Å². The summed E-state index contributed by atoms with van der Waals surface area (Å²) in [4.78, 5) is 12.6. The lowest BCUT2D eigenvalue weighted by Gasteiger charge is -2.55. The molecule has 0 aromatic heterocycles. The van der Waals surface area contributed by atoms with Gasteiger partial charge in [-0.05, 0) is 61.5 Å². The predicted octanol–water partition coefficient (Wildman–Crippen LogP) is 3.87. The number of hydrogen-bond acceptors (Lipinski definition) is 3. The van der Waals surface area contributed by atoms with Gasteiger partial charge in [0.25, 0.3) is 0 Å². The number of rotatable bonds is 1. The number of esters is 1. The van der Waals surface area contributed by atoms with Gasteiger partial charge in [-0.2, -0.15) is 0 Å². The zero-order valence-corrected chi connectivity index (χ0v) is 14.7. The lowest BCUT2D eigenvalue weighted by Crippen LogP contribution is -2.54. The number of carbonyl (C=O) groups excluding carboxylic acids is 1. The molecule has 0 bridgehead atoms. The number of ether oxygens (including phenoxy) is 2. The maximum absolute atomic E-state index is 12.6. The molecular formula is C20H28O3. The molecule has 3 heteroatoms. The second kappa shape index (κ2) is 4.04. The van der Waals surface area contributed by atoms with Crippen molar-refractivity contribution >= 4 is 5.97 Å². The van der Waals surface area contributed by atoms with E-state index >= 15 is 0 Å². The maximum atomic E-state index is 12.6. The van der Waals surface area contributed by atoms with Crippen molar-refractivity contribution in [2.45, 2.75) is 77.6 Å². The highest BCUT2D eigenvalue weighted by Crippen LogP contribution is 2.69. The van der Waals surface area contributed by atoms with E-state index in [9.17, 15) is 4.79 Å². The Labute approximate surface area is 138 Å². The molecule has 3 aliphatic carbocycles. The second-order valence-corrected chi connectivity index (χ2v) is 9.49. The van der Waals surface area contributed by atoms with Gasteiger partial charge in [-0.15, -0.1) is 0 Å². The van der Waals surface area contributed by atoms with Crippen LogP contribution in [0.25, 0.3) is 0 Å². The second-order valence-electron chi connectivity index (χ2n) is 9.49. The highest BCUT2D eigenvalue weighted by molar-refractivity contribution is 5.80. The summed E-state index contributed by atoms with van der Waals surface area (Å²) in [7, 11) is 0. The number of hydrogen-bond donors (Lipinski definition) is 0. The Hall–Kier alpha value is -0.830. The monoisotopic (exact) mass is 316 g/mol. The molecule has 23 heavy (non-hydrogen) atoms. The van der Waals surface area contributed by atoms with Gasteiger partial charge < -0.3 is 9.47 Å². The largest absolute Gasteiger partial charge is 0.457 e. The highest BCUT2D eigenvalue weighted by Gasteiger charge is 2.71. The molecule has 0 aromatic carbocycles. The van der Waals surface area contributed by atoms with Crippen LogP contribution in [0.2, 0.25) is 0 Å². The van der Waals surface area contributed by atoms with Gasteiger partial charge >= 0.3 is 5.97 Å². The first-order valence-electron chi connectivity index (χ1n) is 9.43. The SMILES string of the molecule is CC(C)[C@@]12CCC3C(=C[C@@H]4OC(=O)[C@]5(C)CCC[C@@]3(C)C45)[C@@H]1O2. The van der Waals surface area contributed by atoms with Gasteiger partial charge in [0.15, 0.2) is 0 Å². The van der Waals surface area contributed by atoms with Crippen molar-refractivity contribution in [2.24, 2.45) is 28.6 Å². The van der Waals surface area contributed by atoms with Gasteiger partial charge in [0.2, 0.25) is 0 Å². The third-order valence-electron chi connectivity index (χ3n) is 8.23. The van der Waals surface area contributed by atoms with Crippen molar-refractivity contribution in [3.8, 4) is 0 Å². The van der Waals surface area contributed by atoms with Crippen molar-refractivity contribution in [3.63, 3.8) is 0 Å². The first-order valence-corrected chi connectivity index (χ1v) is 9.43. The van der Waals surface area contributed by atoms with Crippen molar-refractivity contribution < 1.29 is 14.3 Å². The van der Waals surface area contributed by atoms with Crippen LogP contribution >= 0.6 is 0 Å². The molecule has 2 aliphatic heterocycles. The van der Waals surface area contributed by atoms with E-state index in [1.54, 1.807) is 0 Å². The predicted molar refractivity (Wildman–Crippen MR) is 86.7 cm³/mol. The van der Waals surface area contributed by atoms with Crippen LogP contribution < -0.4 is 0 Å². The average Bonchev–Trinajstić information content (AvgIpc) is 3.17. The van der Waals surface area contributed by atoms with Gasteiger partial charge in [0.1, 0.15) is 17.8 Å². The molecular weight excluding hydrogens is 288 g/mol. The number of carbonyl (C=O) groups is 1. The summed E-state index contributed by atoms with van der Waals surface area (Å²) >= 11 is 0. The molecule has 2 heterocycles. The minimum Gasteiger partial charge on any atom is -0.457 e. The topological polar surface area (TPSA) is 38.8 Å². The summed E-state index contributed by atoms with van der Waals surface area (Å²) in [5, 5.41) is 0. The van der Waals surface area contributed by atoms with Crippen LogP contribution in [0.4, 0.5) is 0 Å². The van der Waals surface area contributed by atoms with Crippen LogP contribution in [0.3, 0.4) is 0 Å². The van der Waals surface area contributed by atoms with E-state index in [4.69, 9.17) is 9.47 Å². The van der Waals surface area contributed by atoms with Crippen LogP contribution in [0.5, 0.6) is 0 Å². The van der Waals surface area contributed by atoms with E-state index in [1.807, 2.05) is 0 Å². The Morgan fingerprint density at radius 2 is 2.00 bits per heavy atom. The van der Waals surface area contributed by atoms with Crippen molar-refractivity contribution in [1.82, 2.24) is 0 Å². The van der Waals surface area contributed by atoms with Crippen molar-refractivity contribution in [2.75, 3.05) is 0 Å². The molecule has 0 aromatic rings. The summed E-state index contributed by atoms with van der Waals surface area (Å²) in [5.41, 5.74) is 1.47. The van der Waals surface area contributed by atoms with Crippen molar-refractivity contribution in [1.29, 1.82) is 0 Å². The highest BCUT2D eigenvalue weighted by atomic mass is 16.6. The maximum Gasteiger partial charge on any atom is 0.312 e. The smallest absolute Gasteiger partial charge is 0.312 e. The minimum atomic E-state index is -0.267. The van der Waals surface area contributed by atoms with Gasteiger partial charge in [-0.3, -0.25) is 4.79 Å². The molecule has 3 nitrogen and oxygen atoms in total. The summed E-state index contributed by atoms with van der Waals surface area (Å²) in [6, 6.07) is 0. The molecule has 126 valence electrons. The van der Waals surface area contributed by atoms with E-state index in [2.05, 4.69) is 33.8 Å². The van der Waals surface area contributed by atoms with Gasteiger partial charge in [0, 0.05) is 5.92 Å². The van der Waals surface area contributed by atoms with E-state index in [1.165, 1.54) is 24.8 Å². The van der Waals surface area contributed by atoms with Crippen LogP contribution in [-0.2, 0) is 14.3 Å². The third kappa shape index (κ3) is 1.49. The molecule has 0 N–H and O–H groups in total. The lowest BCUT2D eigenvalue weighted by molar-refractivity contribution is -0.148. The van der Waals surface area contributed by atoms with Gasteiger partial charge in [-0.25, -0.2) is 0 Å². The molecule has 0 radical (unpaired) electrons. The molecule has 2 saturated carbocycles. The molecule has 2 unspecified atom stereocenters. The fraction of sp³-hybridized carbons (Fsp3) is 0.850. The molecule has 4 fully saturated rings. The molecule has 5 rings (SSSR count). The molecule has 2 saturated heterocycles. The van der Waals surface area contributed by atoms with Crippen molar-refractivity contribution in [3.05, 3.63) is 11.6 Å². The van der Waals surface area contributed by atoms with Crippen LogP contribution in [0.1, 0.15) is 59.8 Å². The van der Waals surface area contributed by atoms with E-state index < -0.39 is 0 Å². The summed E-state index contributed by atoms with van der Waals surface area (Å²) < 4.78 is 12.2. The Balaban J connectivity index is 1.61. The molecule has 5 aliphatic rings. The number of epoxide rings is 1. The summed E-state index contributed by atoms with van der Waals surface area (Å²) in [6.07, 6.45) is 8.33. The molecule has 0 spiro atoms. The van der Waals surface area contributed by atoms with Gasteiger partial charge in [0.05, 0.1) is 5.41 Å². The first-order chi connectivity index (χ1) is 10.8. The quantitative estimate of drug-likeness (QED) is 0.419. The van der Waals surface area contributed by atoms with Gasteiger partial charge in [-0.1, -0.05) is 27.2 Å². The van der Waals surface area contributed by atoms with Crippen LogP contribution in [-0.4, -0.2) is 23.8 Å². The lowest BCUT2D eigenvalue weighted by atomic mass is 9.46. The van der Waals surface area contributed by atoms with Crippen LogP contribution in [0, 0.1) is 28.6 Å². The average molecular weight is 316 g/mol. The standard InChI is InChI=1S/C20H28O3/c1-11(2)20-9-6-13-12(16(20)23-20)10-14-15-18(13,3)7-5-8-19(15,4)17(21)22-14/h10-11,13-16H,5-9H2,1-4H3/t13?,14-,15?,16-,18+,19+,20-/m0/s1. The molecule has 0 amide bonds. The number of fused-ring (bicyclic) bond motifs is 4. The Bertz CT molecular complexity index is 622. The van der Waals surface area contributed by atoms with E-state index in [0.717, 1.165) is 12.8 Å².